The molecule has 0 bridgehead atoms. The number of rotatable bonds is 4. The Labute approximate surface area is 161 Å². The molecule has 1 aromatic heterocycles. The molecule has 0 saturated heterocycles. The van der Waals surface area contributed by atoms with Crippen molar-refractivity contribution < 1.29 is 13.6 Å². The molecule has 0 unspecified atom stereocenters. The quantitative estimate of drug-likeness (QED) is 0.737. The number of aryl methyl sites for hydroxylation is 3. The molecule has 4 nitrogen and oxygen atoms in total. The molecule has 6 heteroatoms. The van der Waals surface area contributed by atoms with Gasteiger partial charge in [0.15, 0.2) is 5.82 Å². The normalized spacial score (nSPS) is 12.2. The van der Waals surface area contributed by atoms with Crippen LogP contribution < -0.4 is 5.32 Å². The summed E-state index contributed by atoms with van der Waals surface area (Å²) in [5.74, 6) is -0.360. The maximum absolute atomic E-state index is 13.5. The average molecular weight is 379 g/mol. The topological polar surface area (TPSA) is 54.9 Å². The molecule has 28 heavy (non-hydrogen) atoms. The van der Waals surface area contributed by atoms with Crippen molar-refractivity contribution in [1.82, 2.24) is 9.97 Å². The molecule has 1 aliphatic rings. The van der Waals surface area contributed by atoms with Crippen molar-refractivity contribution in [3.05, 3.63) is 76.6 Å². The Balaban J connectivity index is 1.61. The molecule has 0 fully saturated rings. The molecule has 1 amide bonds. The lowest BCUT2D eigenvalue weighted by Gasteiger charge is -2.20. The van der Waals surface area contributed by atoms with E-state index in [0.717, 1.165) is 28.1 Å². The Hall–Kier alpha value is -3.15. The van der Waals surface area contributed by atoms with Crippen molar-refractivity contribution in [3.63, 3.8) is 0 Å². The van der Waals surface area contributed by atoms with Crippen LogP contribution in [0.4, 0.5) is 14.6 Å². The number of halogens is 2. The van der Waals surface area contributed by atoms with Gasteiger partial charge in [0.1, 0.15) is 11.6 Å². The van der Waals surface area contributed by atoms with Crippen LogP contribution in [-0.2, 0) is 30.5 Å². The molecular weight excluding hydrogens is 360 g/mol. The number of carbonyl (C=O) groups excluding carboxylic acids is 1. The largest absolute Gasteiger partial charge is 0.309 e. The van der Waals surface area contributed by atoms with Crippen molar-refractivity contribution in [3.8, 4) is 11.3 Å². The number of amides is 1. The molecule has 0 aliphatic heterocycles. The molecule has 1 heterocycles. The summed E-state index contributed by atoms with van der Waals surface area (Å²) in [7, 11) is 0. The van der Waals surface area contributed by atoms with E-state index in [2.05, 4.69) is 10.3 Å². The zero-order valence-electron chi connectivity index (χ0n) is 15.4. The standard InChI is InChI=1S/C22H19F2N3O/c1-2-18-22(27-20(28)11-13-3-6-15(23)7-4-13)26-19-10-5-14-12-16(24)8-9-17(14)21(19)25-18/h3-4,6-9,12H,2,5,10-11H2,1H3,(H,26,27,28). The molecule has 142 valence electrons. The first-order valence-electron chi connectivity index (χ1n) is 9.26. The van der Waals surface area contributed by atoms with Crippen LogP contribution in [0.3, 0.4) is 0 Å². The average Bonchev–Trinajstić information content (AvgIpc) is 2.68. The fraction of sp³-hybridized carbons (Fsp3) is 0.227. The minimum atomic E-state index is -0.335. The van der Waals surface area contributed by atoms with E-state index in [4.69, 9.17) is 4.98 Å². The second kappa shape index (κ2) is 7.46. The number of nitrogens with zero attached hydrogens (tertiary/aromatic N) is 2. The highest BCUT2D eigenvalue weighted by atomic mass is 19.1. The Morgan fingerprint density at radius 2 is 1.79 bits per heavy atom. The summed E-state index contributed by atoms with van der Waals surface area (Å²) in [4.78, 5) is 21.8. The van der Waals surface area contributed by atoms with Gasteiger partial charge in [-0.3, -0.25) is 4.79 Å². The highest BCUT2D eigenvalue weighted by molar-refractivity contribution is 5.92. The van der Waals surface area contributed by atoms with Crippen LogP contribution in [0.5, 0.6) is 0 Å². The Kier molecular flexibility index (Phi) is 4.86. The van der Waals surface area contributed by atoms with E-state index < -0.39 is 0 Å². The van der Waals surface area contributed by atoms with Crippen molar-refractivity contribution in [1.29, 1.82) is 0 Å². The molecule has 2 aromatic carbocycles. The Bertz CT molecular complexity index is 1050. The third kappa shape index (κ3) is 3.63. The third-order valence-electron chi connectivity index (χ3n) is 4.86. The van der Waals surface area contributed by atoms with E-state index in [0.29, 0.717) is 30.8 Å². The summed E-state index contributed by atoms with van der Waals surface area (Å²) >= 11 is 0. The molecule has 4 rings (SSSR count). The number of carbonyl (C=O) groups is 1. The maximum atomic E-state index is 13.5. The number of hydrogen-bond donors (Lipinski definition) is 1. The third-order valence-corrected chi connectivity index (χ3v) is 4.86. The van der Waals surface area contributed by atoms with Gasteiger partial charge in [0.05, 0.1) is 23.5 Å². The summed E-state index contributed by atoms with van der Waals surface area (Å²) in [6.45, 7) is 1.94. The van der Waals surface area contributed by atoms with Crippen molar-refractivity contribution in [2.24, 2.45) is 0 Å². The van der Waals surface area contributed by atoms with E-state index in [1.54, 1.807) is 24.3 Å². The molecule has 1 aliphatic carbocycles. The van der Waals surface area contributed by atoms with Gasteiger partial charge < -0.3 is 5.32 Å². The predicted molar refractivity (Wildman–Crippen MR) is 103 cm³/mol. The summed E-state index contributed by atoms with van der Waals surface area (Å²) in [5, 5.41) is 2.84. The fourth-order valence-corrected chi connectivity index (χ4v) is 3.46. The van der Waals surface area contributed by atoms with Crippen molar-refractivity contribution >= 4 is 11.7 Å². The van der Waals surface area contributed by atoms with Gasteiger partial charge in [-0.25, -0.2) is 18.7 Å². The van der Waals surface area contributed by atoms with Crippen molar-refractivity contribution in [2.75, 3.05) is 5.32 Å². The van der Waals surface area contributed by atoms with Gasteiger partial charge in [0, 0.05) is 5.56 Å². The van der Waals surface area contributed by atoms with Gasteiger partial charge in [-0.1, -0.05) is 19.1 Å². The van der Waals surface area contributed by atoms with E-state index >= 15 is 0 Å². The molecule has 0 radical (unpaired) electrons. The molecule has 0 atom stereocenters. The van der Waals surface area contributed by atoms with Crippen LogP contribution in [0.15, 0.2) is 42.5 Å². The Morgan fingerprint density at radius 3 is 2.54 bits per heavy atom. The highest BCUT2D eigenvalue weighted by Crippen LogP contribution is 2.33. The SMILES string of the molecule is CCc1nc2c(nc1NC(=O)Cc1ccc(F)cc1)CCc1cc(F)ccc1-2. The van der Waals surface area contributed by atoms with Crippen molar-refractivity contribution in [2.45, 2.75) is 32.6 Å². The lowest BCUT2D eigenvalue weighted by molar-refractivity contribution is -0.115. The predicted octanol–water partition coefficient (Wildman–Crippen LogP) is 4.26. The summed E-state index contributed by atoms with van der Waals surface area (Å²) in [5.41, 5.74) is 4.79. The van der Waals surface area contributed by atoms with Crippen LogP contribution in [0.1, 0.15) is 29.4 Å². The van der Waals surface area contributed by atoms with Gasteiger partial charge in [-0.15, -0.1) is 0 Å². The zero-order chi connectivity index (χ0) is 19.7. The second-order valence-electron chi connectivity index (χ2n) is 6.82. The van der Waals surface area contributed by atoms with E-state index in [-0.39, 0.29) is 24.0 Å². The first-order valence-corrected chi connectivity index (χ1v) is 9.26. The smallest absolute Gasteiger partial charge is 0.229 e. The number of aromatic nitrogens is 2. The van der Waals surface area contributed by atoms with Crippen LogP contribution >= 0.6 is 0 Å². The first kappa shape index (κ1) is 18.2. The van der Waals surface area contributed by atoms with Crippen LogP contribution in [-0.4, -0.2) is 15.9 Å². The maximum Gasteiger partial charge on any atom is 0.229 e. The summed E-state index contributed by atoms with van der Waals surface area (Å²) in [6, 6.07) is 10.6. The number of fused-ring (bicyclic) bond motifs is 3. The summed E-state index contributed by atoms with van der Waals surface area (Å²) < 4.78 is 26.5. The minimum absolute atomic E-state index is 0.129. The van der Waals surface area contributed by atoms with Gasteiger partial charge >= 0.3 is 0 Å². The number of hydrogen-bond acceptors (Lipinski definition) is 3. The number of benzene rings is 2. The van der Waals surface area contributed by atoms with Gasteiger partial charge in [-0.05, 0) is 60.7 Å². The highest BCUT2D eigenvalue weighted by Gasteiger charge is 2.22. The minimum Gasteiger partial charge on any atom is -0.309 e. The number of anilines is 1. The van der Waals surface area contributed by atoms with E-state index in [1.807, 2.05) is 6.92 Å². The van der Waals surface area contributed by atoms with Gasteiger partial charge in [0.2, 0.25) is 5.91 Å². The monoisotopic (exact) mass is 379 g/mol. The van der Waals surface area contributed by atoms with Gasteiger partial charge in [-0.2, -0.15) is 0 Å². The lowest BCUT2D eigenvalue weighted by Crippen LogP contribution is -2.19. The molecular formula is C22H19F2N3O. The molecule has 3 aromatic rings. The van der Waals surface area contributed by atoms with Crippen LogP contribution in [0, 0.1) is 11.6 Å². The summed E-state index contributed by atoms with van der Waals surface area (Å²) in [6.07, 6.45) is 2.06. The van der Waals surface area contributed by atoms with Crippen LogP contribution in [0.2, 0.25) is 0 Å². The fourth-order valence-electron chi connectivity index (χ4n) is 3.46. The molecule has 0 spiro atoms. The second-order valence-corrected chi connectivity index (χ2v) is 6.82. The van der Waals surface area contributed by atoms with Crippen LogP contribution in [0.25, 0.3) is 11.3 Å². The van der Waals surface area contributed by atoms with E-state index in [1.165, 1.54) is 18.2 Å². The first-order chi connectivity index (χ1) is 13.5. The lowest BCUT2D eigenvalue weighted by atomic mass is 9.91. The number of nitrogens with one attached hydrogen (secondary N) is 1. The molecule has 0 saturated carbocycles. The Morgan fingerprint density at radius 1 is 1.04 bits per heavy atom. The van der Waals surface area contributed by atoms with Gasteiger partial charge in [0.25, 0.3) is 0 Å². The van der Waals surface area contributed by atoms with E-state index in [9.17, 15) is 13.6 Å². The molecule has 1 N–H and O–H groups in total. The zero-order valence-corrected chi connectivity index (χ0v) is 15.4.